The quantitative estimate of drug-likeness (QED) is 0.790. The van der Waals surface area contributed by atoms with E-state index in [0.29, 0.717) is 15.6 Å². The Balaban J connectivity index is 1.98. The Hall–Kier alpha value is -1.77. The first-order chi connectivity index (χ1) is 9.99. The van der Waals surface area contributed by atoms with E-state index < -0.39 is 5.97 Å². The van der Waals surface area contributed by atoms with E-state index in [2.05, 4.69) is 4.37 Å². The molecule has 5 nitrogen and oxygen atoms in total. The van der Waals surface area contributed by atoms with E-state index in [0.717, 1.165) is 20.9 Å². The molecule has 3 aromatic heterocycles. The number of carbonyl (C=O) groups is 2. The van der Waals surface area contributed by atoms with E-state index in [1.165, 1.54) is 16.2 Å². The van der Waals surface area contributed by atoms with Gasteiger partial charge in [-0.1, -0.05) is 0 Å². The van der Waals surface area contributed by atoms with Crippen LogP contribution in [0, 0.1) is 6.92 Å². The van der Waals surface area contributed by atoms with Crippen LogP contribution in [0.5, 0.6) is 0 Å². The van der Waals surface area contributed by atoms with E-state index in [1.807, 2.05) is 17.5 Å². The molecular weight excluding hydrogens is 328 g/mol. The molecule has 1 amide bonds. The van der Waals surface area contributed by atoms with Gasteiger partial charge in [-0.3, -0.25) is 4.79 Å². The van der Waals surface area contributed by atoms with Gasteiger partial charge in [0, 0.05) is 16.4 Å². The normalized spacial score (nSPS) is 11.0. The first-order valence-corrected chi connectivity index (χ1v) is 8.40. The third-order valence-corrected chi connectivity index (χ3v) is 6.12. The van der Waals surface area contributed by atoms with E-state index in [9.17, 15) is 14.7 Å². The minimum absolute atomic E-state index is 0.0919. The molecule has 0 saturated heterocycles. The molecule has 0 atom stereocenters. The molecule has 3 rings (SSSR count). The summed E-state index contributed by atoms with van der Waals surface area (Å²) in [6, 6.07) is 3.82. The van der Waals surface area contributed by atoms with Crippen LogP contribution in [-0.4, -0.2) is 28.4 Å². The summed E-state index contributed by atoms with van der Waals surface area (Å²) in [7, 11) is 1.58. The van der Waals surface area contributed by atoms with E-state index >= 15 is 0 Å². The number of carbonyl (C=O) groups excluding carboxylic acids is 1. The van der Waals surface area contributed by atoms with Gasteiger partial charge in [0.25, 0.3) is 5.91 Å². The van der Waals surface area contributed by atoms with Crippen LogP contribution in [0.4, 0.5) is 5.00 Å². The van der Waals surface area contributed by atoms with Crippen molar-refractivity contribution in [3.63, 3.8) is 0 Å². The number of aromatic carboxylic acids is 1. The van der Waals surface area contributed by atoms with Crippen molar-refractivity contribution in [2.24, 2.45) is 0 Å². The summed E-state index contributed by atoms with van der Waals surface area (Å²) in [4.78, 5) is 25.8. The van der Waals surface area contributed by atoms with Crippen LogP contribution >= 0.6 is 34.2 Å². The van der Waals surface area contributed by atoms with Crippen molar-refractivity contribution in [1.82, 2.24) is 4.37 Å². The van der Waals surface area contributed by atoms with Gasteiger partial charge in [-0.2, -0.15) is 4.37 Å². The predicted molar refractivity (Wildman–Crippen MR) is 86.2 cm³/mol. The molecule has 21 heavy (non-hydrogen) atoms. The SMILES string of the molecule is Cc1nsc(N(C)C(=O)c2cc3sccc3s2)c1C(=O)O. The lowest BCUT2D eigenvalue weighted by Crippen LogP contribution is -2.26. The number of fused-ring (bicyclic) bond motifs is 1. The molecule has 8 heteroatoms. The molecule has 0 aromatic carbocycles. The van der Waals surface area contributed by atoms with Crippen molar-refractivity contribution in [2.45, 2.75) is 6.92 Å². The number of aryl methyl sites for hydroxylation is 1. The van der Waals surface area contributed by atoms with Gasteiger partial charge in [0.15, 0.2) is 0 Å². The van der Waals surface area contributed by atoms with Crippen LogP contribution in [0.15, 0.2) is 17.5 Å². The Morgan fingerprint density at radius 3 is 2.76 bits per heavy atom. The maximum atomic E-state index is 12.5. The zero-order valence-corrected chi connectivity index (χ0v) is 13.6. The average molecular weight is 338 g/mol. The summed E-state index contributed by atoms with van der Waals surface area (Å²) < 4.78 is 6.17. The highest BCUT2D eigenvalue weighted by atomic mass is 32.1. The first-order valence-electron chi connectivity index (χ1n) is 5.93. The number of anilines is 1. The van der Waals surface area contributed by atoms with Crippen molar-refractivity contribution >= 4 is 60.5 Å². The summed E-state index contributed by atoms with van der Waals surface area (Å²) in [5.74, 6) is -1.28. The van der Waals surface area contributed by atoms with Crippen LogP contribution < -0.4 is 4.90 Å². The summed E-state index contributed by atoms with van der Waals surface area (Å²) in [5, 5.41) is 11.6. The van der Waals surface area contributed by atoms with Gasteiger partial charge in [-0.15, -0.1) is 22.7 Å². The van der Waals surface area contributed by atoms with Crippen molar-refractivity contribution in [2.75, 3.05) is 11.9 Å². The molecule has 1 N–H and O–H groups in total. The zero-order valence-electron chi connectivity index (χ0n) is 11.1. The third-order valence-electron chi connectivity index (χ3n) is 3.02. The van der Waals surface area contributed by atoms with Crippen LogP contribution in [0.1, 0.15) is 25.7 Å². The molecule has 0 spiro atoms. The molecule has 0 fully saturated rings. The monoisotopic (exact) mass is 338 g/mol. The highest BCUT2D eigenvalue weighted by Gasteiger charge is 2.25. The molecule has 108 valence electrons. The standard InChI is InChI=1S/C13H10N2O3S3/c1-6-10(13(17)18)12(21-14-6)15(2)11(16)9-5-8-7(20-9)3-4-19-8/h3-5H,1-2H3,(H,17,18). The van der Waals surface area contributed by atoms with Crippen LogP contribution in [0.3, 0.4) is 0 Å². The fourth-order valence-corrected chi connectivity index (χ4v) is 4.89. The molecule has 0 bridgehead atoms. The van der Waals surface area contributed by atoms with Crippen LogP contribution in [-0.2, 0) is 0 Å². The number of thiophene rings is 2. The molecular formula is C13H10N2O3S3. The van der Waals surface area contributed by atoms with E-state index in [4.69, 9.17) is 0 Å². The second-order valence-electron chi connectivity index (χ2n) is 4.38. The lowest BCUT2D eigenvalue weighted by Gasteiger charge is -2.14. The van der Waals surface area contributed by atoms with Gasteiger partial charge in [-0.05, 0) is 36.0 Å². The minimum atomic E-state index is -1.07. The van der Waals surface area contributed by atoms with E-state index in [1.54, 1.807) is 25.3 Å². The van der Waals surface area contributed by atoms with Gasteiger partial charge < -0.3 is 10.0 Å². The Kier molecular flexibility index (Phi) is 3.52. The van der Waals surface area contributed by atoms with Crippen LogP contribution in [0.25, 0.3) is 9.40 Å². The molecule has 0 aliphatic heterocycles. The number of hydrogen-bond donors (Lipinski definition) is 1. The number of amides is 1. The van der Waals surface area contributed by atoms with E-state index in [-0.39, 0.29) is 11.5 Å². The lowest BCUT2D eigenvalue weighted by atomic mass is 10.2. The average Bonchev–Trinajstić information content (AvgIpc) is 3.09. The first kappa shape index (κ1) is 14.2. The van der Waals surface area contributed by atoms with Crippen molar-refractivity contribution < 1.29 is 14.7 Å². The number of carboxylic acids is 1. The molecule has 3 heterocycles. The maximum Gasteiger partial charge on any atom is 0.340 e. The highest BCUT2D eigenvalue weighted by molar-refractivity contribution is 7.28. The zero-order chi connectivity index (χ0) is 15.1. The molecule has 0 unspecified atom stereocenters. The van der Waals surface area contributed by atoms with Crippen molar-refractivity contribution in [3.05, 3.63) is 33.6 Å². The van der Waals surface area contributed by atoms with Gasteiger partial charge in [0.05, 0.1) is 10.6 Å². The number of aromatic nitrogens is 1. The molecule has 0 saturated carbocycles. The molecule has 0 aliphatic carbocycles. The second-order valence-corrected chi connectivity index (χ2v) is 7.16. The fourth-order valence-electron chi connectivity index (χ4n) is 1.96. The highest BCUT2D eigenvalue weighted by Crippen LogP contribution is 2.33. The van der Waals surface area contributed by atoms with Gasteiger partial charge in [0.1, 0.15) is 10.6 Å². The van der Waals surface area contributed by atoms with Crippen molar-refractivity contribution in [1.29, 1.82) is 0 Å². The second kappa shape index (κ2) is 5.21. The number of carboxylic acid groups (broad SMARTS) is 1. The lowest BCUT2D eigenvalue weighted by molar-refractivity contribution is 0.0697. The Labute approximate surface area is 132 Å². The predicted octanol–water partition coefficient (Wildman–Crippen LogP) is 3.70. The molecule has 3 aromatic rings. The molecule has 0 radical (unpaired) electrons. The topological polar surface area (TPSA) is 70.5 Å². The number of rotatable bonds is 3. The third kappa shape index (κ3) is 2.35. The summed E-state index contributed by atoms with van der Waals surface area (Å²) in [6.07, 6.45) is 0. The minimum Gasteiger partial charge on any atom is -0.478 e. The Morgan fingerprint density at radius 1 is 1.33 bits per heavy atom. The molecule has 0 aliphatic rings. The van der Waals surface area contributed by atoms with Gasteiger partial charge >= 0.3 is 5.97 Å². The number of nitrogens with zero attached hydrogens (tertiary/aromatic N) is 2. The van der Waals surface area contributed by atoms with Crippen LogP contribution in [0.2, 0.25) is 0 Å². The Bertz CT molecular complexity index is 817. The summed E-state index contributed by atoms with van der Waals surface area (Å²) >= 11 is 4.02. The van der Waals surface area contributed by atoms with Crippen molar-refractivity contribution in [3.8, 4) is 0 Å². The maximum absolute atomic E-state index is 12.5. The fraction of sp³-hybridized carbons (Fsp3) is 0.154. The largest absolute Gasteiger partial charge is 0.478 e. The summed E-state index contributed by atoms with van der Waals surface area (Å²) in [5.41, 5.74) is 0.517. The number of hydrogen-bond acceptors (Lipinski definition) is 6. The van der Waals surface area contributed by atoms with Gasteiger partial charge in [0.2, 0.25) is 0 Å². The Morgan fingerprint density at radius 2 is 2.10 bits per heavy atom. The summed E-state index contributed by atoms with van der Waals surface area (Å²) in [6.45, 7) is 1.63. The smallest absolute Gasteiger partial charge is 0.340 e. The van der Waals surface area contributed by atoms with Gasteiger partial charge in [-0.25, -0.2) is 4.79 Å².